The van der Waals surface area contributed by atoms with Gasteiger partial charge in [-0.1, -0.05) is 68.4 Å². The van der Waals surface area contributed by atoms with Crippen LogP contribution in [0.1, 0.15) is 58.9 Å². The number of hydrogen-bond acceptors (Lipinski definition) is 14. The summed E-state index contributed by atoms with van der Waals surface area (Å²) in [5, 5.41) is 48.1. The first kappa shape index (κ1) is 49.7. The summed E-state index contributed by atoms with van der Waals surface area (Å²) in [6, 6.07) is 17.7. The average molecular weight is 903 g/mol. The third-order valence-electron chi connectivity index (χ3n) is 10.9. The van der Waals surface area contributed by atoms with Gasteiger partial charge in [0.05, 0.1) is 34.9 Å². The van der Waals surface area contributed by atoms with Crippen molar-refractivity contribution >= 4 is 62.7 Å². The van der Waals surface area contributed by atoms with Gasteiger partial charge in [-0.05, 0) is 49.8 Å². The maximum Gasteiger partial charge on any atom is 0.280 e. The Hall–Kier alpha value is -6.32. The lowest BCUT2D eigenvalue weighted by atomic mass is 9.96. The number of carbonyl (C=O) groups excluding carboxylic acids is 5. The third-order valence-corrected chi connectivity index (χ3v) is 10.9. The molecule has 350 valence electrons. The van der Waals surface area contributed by atoms with Crippen LogP contribution in [0, 0.1) is 16.0 Å². The molecule has 65 heavy (non-hydrogen) atoms. The molecule has 3 aromatic carbocycles. The molecule has 8 atom stereocenters. The van der Waals surface area contributed by atoms with E-state index in [0.717, 1.165) is 10.9 Å². The Bertz CT molecular complexity index is 2300. The summed E-state index contributed by atoms with van der Waals surface area (Å²) < 4.78 is 17.8. The molecule has 1 aliphatic rings. The molecule has 5 amide bonds. The minimum absolute atomic E-state index is 0.0571. The predicted octanol–water partition coefficient (Wildman–Crippen LogP) is 2.07. The number of ether oxygens (including phenoxy) is 3. The van der Waals surface area contributed by atoms with Gasteiger partial charge >= 0.3 is 0 Å². The van der Waals surface area contributed by atoms with Crippen LogP contribution in [0.4, 0.5) is 11.4 Å². The number of nitrogens with zero attached hydrogens (tertiary/aromatic N) is 2. The Morgan fingerprint density at radius 1 is 0.923 bits per heavy atom. The number of nitro benzene ring substituents is 1. The molecule has 0 radical (unpaired) electrons. The molecule has 20 nitrogen and oxygen atoms in total. The van der Waals surface area contributed by atoms with Gasteiger partial charge in [-0.15, -0.1) is 0 Å². The summed E-state index contributed by atoms with van der Waals surface area (Å²) in [4.78, 5) is 80.6. The summed E-state index contributed by atoms with van der Waals surface area (Å²) in [5.41, 5.74) is 8.13. The Kier molecular flexibility index (Phi) is 18.0. The summed E-state index contributed by atoms with van der Waals surface area (Å²) in [7, 11) is 0. The van der Waals surface area contributed by atoms with Gasteiger partial charge in [0.15, 0.2) is 6.29 Å². The molecular weight excluding hydrogens is 845 g/mol. The standard InChI is InChI=1S/C45H58N8O12/c1-25(2)37(52-43(59)26(3)64-41-39(49-27(4)55)45(65-34(23-54)40(41)57)63-24-28-13-6-5-7-14-28)44(60)51-32(42(46)58)19-20-35(56)47-21-10-11-22-48-38-29-15-8-9-16-30(29)50-31-17-12-18-33(36(31)38)53(61)62/h5-9,12-18,25-26,32,34,37,39-41,45,54,57H,10-11,19-24H2,1-4H3,(H2,46,58)(H,47,56)(H,48,50)(H,49,55)(H,51,60)(H,52,59)/t26-,32+,34-,37-,39-,40-,41-,45-/m1/s1. The molecule has 5 rings (SSSR count). The van der Waals surface area contributed by atoms with Crippen molar-refractivity contribution < 1.29 is 53.3 Å². The average Bonchev–Trinajstić information content (AvgIpc) is 3.28. The quantitative estimate of drug-likeness (QED) is 0.0229. The Balaban J connectivity index is 1.11. The van der Waals surface area contributed by atoms with E-state index in [1.54, 1.807) is 26.0 Å². The van der Waals surface area contributed by atoms with Crippen molar-refractivity contribution in [2.45, 2.75) is 109 Å². The van der Waals surface area contributed by atoms with Crippen LogP contribution in [0.15, 0.2) is 72.8 Å². The van der Waals surface area contributed by atoms with E-state index < -0.39 is 89.9 Å². The van der Waals surface area contributed by atoms with Crippen LogP contribution in [0.5, 0.6) is 0 Å². The summed E-state index contributed by atoms with van der Waals surface area (Å²) in [6.07, 6.45) is -5.64. The number of nitrogens with two attached hydrogens (primary N) is 1. The van der Waals surface area contributed by atoms with Crippen LogP contribution >= 0.6 is 0 Å². The maximum atomic E-state index is 13.6. The number of amides is 5. The number of rotatable bonds is 23. The number of aromatic nitrogens is 1. The molecule has 1 fully saturated rings. The largest absolute Gasteiger partial charge is 0.394 e. The minimum Gasteiger partial charge on any atom is -0.394 e. The number of para-hydroxylation sites is 1. The van der Waals surface area contributed by atoms with E-state index in [0.29, 0.717) is 48.0 Å². The van der Waals surface area contributed by atoms with E-state index in [1.807, 2.05) is 54.6 Å². The van der Waals surface area contributed by atoms with Crippen LogP contribution in [-0.2, 0) is 44.8 Å². The highest BCUT2D eigenvalue weighted by Crippen LogP contribution is 2.36. The molecule has 0 aliphatic carbocycles. The van der Waals surface area contributed by atoms with Crippen molar-refractivity contribution in [2.75, 3.05) is 25.0 Å². The molecule has 2 heterocycles. The van der Waals surface area contributed by atoms with Crippen molar-refractivity contribution in [1.82, 2.24) is 26.3 Å². The number of unbranched alkanes of at least 4 members (excludes halogenated alkanes) is 1. The molecule has 0 unspecified atom stereocenters. The van der Waals surface area contributed by atoms with Gasteiger partial charge < -0.3 is 56.7 Å². The minimum atomic E-state index is -1.51. The number of non-ortho nitro benzene ring substituents is 1. The van der Waals surface area contributed by atoms with E-state index in [2.05, 4.69) is 31.6 Å². The first-order chi connectivity index (χ1) is 31.1. The molecule has 1 aliphatic heterocycles. The fraction of sp³-hybridized carbons (Fsp3) is 0.467. The first-order valence-corrected chi connectivity index (χ1v) is 21.5. The van der Waals surface area contributed by atoms with E-state index >= 15 is 0 Å². The lowest BCUT2D eigenvalue weighted by molar-refractivity contribution is -0.383. The number of nitrogens with one attached hydrogen (secondary N) is 5. The highest BCUT2D eigenvalue weighted by atomic mass is 16.7. The number of aliphatic hydroxyl groups is 2. The molecule has 1 aromatic heterocycles. The smallest absolute Gasteiger partial charge is 0.280 e. The number of pyridine rings is 1. The molecule has 4 aromatic rings. The van der Waals surface area contributed by atoms with E-state index in [-0.39, 0.29) is 31.0 Å². The van der Waals surface area contributed by atoms with Gasteiger partial charge in [0.25, 0.3) is 5.69 Å². The number of benzene rings is 3. The molecule has 9 N–H and O–H groups in total. The Morgan fingerprint density at radius 2 is 1.62 bits per heavy atom. The lowest BCUT2D eigenvalue weighted by Crippen LogP contribution is -2.66. The number of carbonyl (C=O) groups is 5. The summed E-state index contributed by atoms with van der Waals surface area (Å²) in [5.74, 6) is -3.79. The van der Waals surface area contributed by atoms with Gasteiger partial charge in [0.1, 0.15) is 47.9 Å². The number of fused-ring (bicyclic) bond motifs is 2. The molecule has 0 spiro atoms. The van der Waals surface area contributed by atoms with Crippen LogP contribution < -0.4 is 32.3 Å². The number of anilines is 1. The van der Waals surface area contributed by atoms with E-state index in [1.165, 1.54) is 19.9 Å². The first-order valence-electron chi connectivity index (χ1n) is 21.5. The van der Waals surface area contributed by atoms with E-state index in [4.69, 9.17) is 19.9 Å². The zero-order valence-electron chi connectivity index (χ0n) is 36.7. The van der Waals surface area contributed by atoms with Crippen LogP contribution in [0.2, 0.25) is 0 Å². The highest BCUT2D eigenvalue weighted by Gasteiger charge is 2.48. The van der Waals surface area contributed by atoms with Gasteiger partial charge in [-0.2, -0.15) is 0 Å². The van der Waals surface area contributed by atoms with E-state index in [9.17, 15) is 44.3 Å². The topological polar surface area (TPSA) is 296 Å². The highest BCUT2D eigenvalue weighted by molar-refractivity contribution is 6.11. The second kappa shape index (κ2) is 23.6. The SMILES string of the molecule is CC(=O)N[C@H]1[C@H](OCc2ccccc2)O[C@H](CO)[C@@H](O)[C@@H]1O[C@H](C)C(=O)N[C@@H](C(=O)N[C@@H](CCC(=O)NCCCCNc1c2ccccc2nc2cccc([N+](=O)[O-])c12)C(N)=O)C(C)C. The zero-order valence-corrected chi connectivity index (χ0v) is 36.7. The Labute approximate surface area is 375 Å². The second-order valence-corrected chi connectivity index (χ2v) is 16.1. The van der Waals surface area contributed by atoms with Crippen molar-refractivity contribution in [2.24, 2.45) is 11.7 Å². The van der Waals surface area contributed by atoms with Gasteiger partial charge in [0.2, 0.25) is 29.5 Å². The van der Waals surface area contributed by atoms with Crippen molar-refractivity contribution in [3.63, 3.8) is 0 Å². The van der Waals surface area contributed by atoms with Gasteiger partial charge in [0, 0.05) is 37.9 Å². The lowest BCUT2D eigenvalue weighted by Gasteiger charge is -2.44. The Morgan fingerprint density at radius 3 is 2.29 bits per heavy atom. The fourth-order valence-corrected chi connectivity index (χ4v) is 7.48. The number of aliphatic hydroxyl groups excluding tert-OH is 2. The van der Waals surface area contributed by atoms with Crippen molar-refractivity contribution in [3.8, 4) is 0 Å². The number of hydrogen-bond donors (Lipinski definition) is 8. The molecule has 1 saturated heterocycles. The molecule has 0 bridgehead atoms. The zero-order chi connectivity index (χ0) is 47.2. The third kappa shape index (κ3) is 13.4. The monoisotopic (exact) mass is 902 g/mol. The van der Waals surface area contributed by atoms with Crippen molar-refractivity contribution in [3.05, 3.63) is 88.5 Å². The van der Waals surface area contributed by atoms with Gasteiger partial charge in [-0.3, -0.25) is 34.1 Å². The normalized spacial score (nSPS) is 19.8. The molecule has 0 saturated carbocycles. The maximum absolute atomic E-state index is 13.6. The summed E-state index contributed by atoms with van der Waals surface area (Å²) >= 11 is 0. The van der Waals surface area contributed by atoms with Crippen LogP contribution in [0.25, 0.3) is 21.8 Å². The molecule has 20 heteroatoms. The number of primary amides is 1. The van der Waals surface area contributed by atoms with Crippen LogP contribution in [-0.4, -0.2) is 118 Å². The van der Waals surface area contributed by atoms with Crippen LogP contribution in [0.3, 0.4) is 0 Å². The number of nitro groups is 1. The summed E-state index contributed by atoms with van der Waals surface area (Å²) in [6.45, 7) is 6.13. The fourth-order valence-electron chi connectivity index (χ4n) is 7.48. The molecular formula is C45H58N8O12. The van der Waals surface area contributed by atoms with Crippen molar-refractivity contribution in [1.29, 1.82) is 0 Å². The van der Waals surface area contributed by atoms with Gasteiger partial charge in [-0.25, -0.2) is 4.98 Å². The predicted molar refractivity (Wildman–Crippen MR) is 239 cm³/mol. The second-order valence-electron chi connectivity index (χ2n) is 16.1.